The molecule has 2 aliphatic heterocycles. The van der Waals surface area contributed by atoms with E-state index in [1.165, 1.54) is 43.6 Å². The van der Waals surface area contributed by atoms with Gasteiger partial charge < -0.3 is 15.0 Å². The molecule has 0 radical (unpaired) electrons. The molecule has 1 aromatic heterocycles. The number of thiophene rings is 1. The van der Waals surface area contributed by atoms with Crippen molar-refractivity contribution in [1.29, 1.82) is 0 Å². The third-order valence-electron chi connectivity index (χ3n) is 6.30. The Labute approximate surface area is 161 Å². The second kappa shape index (κ2) is 8.72. The Morgan fingerprint density at radius 2 is 2.00 bits per heavy atom. The number of nitrogens with zero attached hydrogens (tertiary/aromatic N) is 3. The van der Waals surface area contributed by atoms with E-state index >= 15 is 0 Å². The van der Waals surface area contributed by atoms with Crippen LogP contribution in [0.2, 0.25) is 0 Å². The lowest BCUT2D eigenvalue weighted by atomic mass is 9.82. The van der Waals surface area contributed by atoms with Crippen LogP contribution in [-0.4, -0.2) is 68.7 Å². The third kappa shape index (κ3) is 4.07. The second-order valence-corrected chi connectivity index (χ2v) is 8.80. The van der Waals surface area contributed by atoms with E-state index in [2.05, 4.69) is 37.6 Å². The molecule has 2 saturated heterocycles. The largest absolute Gasteiger partial charge is 0.379 e. The van der Waals surface area contributed by atoms with Gasteiger partial charge in [-0.05, 0) is 36.1 Å². The van der Waals surface area contributed by atoms with E-state index in [1.807, 2.05) is 18.4 Å². The Balaban J connectivity index is 1.39. The number of rotatable bonds is 4. The standard InChI is InChI=1S/C20H32N4OS/c1-21-20(24-14-16-5-2-3-6-17(16)15-24)22-13-18(19-7-4-12-26-19)23-8-10-25-11-9-23/h4,7,12,16-18H,2-3,5-6,8-11,13-15H2,1H3,(H,21,22). The van der Waals surface area contributed by atoms with Crippen molar-refractivity contribution in [3.63, 3.8) is 0 Å². The van der Waals surface area contributed by atoms with Crippen molar-refractivity contribution in [1.82, 2.24) is 15.1 Å². The zero-order valence-electron chi connectivity index (χ0n) is 15.9. The minimum Gasteiger partial charge on any atom is -0.379 e. The van der Waals surface area contributed by atoms with Crippen molar-refractivity contribution in [2.24, 2.45) is 16.8 Å². The molecule has 0 bridgehead atoms. The summed E-state index contributed by atoms with van der Waals surface area (Å²) in [6, 6.07) is 4.83. The predicted molar refractivity (Wildman–Crippen MR) is 108 cm³/mol. The van der Waals surface area contributed by atoms with Gasteiger partial charge in [0.25, 0.3) is 0 Å². The summed E-state index contributed by atoms with van der Waals surface area (Å²) in [4.78, 5) is 11.1. The van der Waals surface area contributed by atoms with Crippen LogP contribution in [0.15, 0.2) is 22.5 Å². The lowest BCUT2D eigenvalue weighted by Gasteiger charge is -2.35. The van der Waals surface area contributed by atoms with Crippen molar-refractivity contribution in [3.05, 3.63) is 22.4 Å². The van der Waals surface area contributed by atoms with E-state index in [0.29, 0.717) is 6.04 Å². The van der Waals surface area contributed by atoms with Crippen LogP contribution in [0.5, 0.6) is 0 Å². The number of hydrogen-bond acceptors (Lipinski definition) is 4. The van der Waals surface area contributed by atoms with Crippen LogP contribution in [0.25, 0.3) is 0 Å². The molecule has 1 N–H and O–H groups in total. The van der Waals surface area contributed by atoms with E-state index in [0.717, 1.165) is 50.6 Å². The van der Waals surface area contributed by atoms with Crippen molar-refractivity contribution in [3.8, 4) is 0 Å². The molecule has 3 aliphatic rings. The minimum absolute atomic E-state index is 0.403. The number of nitrogens with one attached hydrogen (secondary N) is 1. The Hall–Kier alpha value is -1.11. The van der Waals surface area contributed by atoms with Crippen LogP contribution in [0, 0.1) is 11.8 Å². The van der Waals surface area contributed by atoms with Gasteiger partial charge in [0.05, 0.1) is 19.3 Å². The summed E-state index contributed by atoms with van der Waals surface area (Å²) in [5.74, 6) is 2.86. The Kier molecular flexibility index (Phi) is 6.12. The van der Waals surface area contributed by atoms with Crippen LogP contribution >= 0.6 is 11.3 Å². The number of fused-ring (bicyclic) bond motifs is 1. The molecule has 0 spiro atoms. The number of likely N-dealkylation sites (tertiary alicyclic amines) is 1. The molecule has 26 heavy (non-hydrogen) atoms. The first-order chi connectivity index (χ1) is 12.8. The van der Waals surface area contributed by atoms with E-state index in [-0.39, 0.29) is 0 Å². The average Bonchev–Trinajstić information content (AvgIpc) is 3.35. The molecule has 0 aromatic carbocycles. The van der Waals surface area contributed by atoms with Crippen LogP contribution in [0.4, 0.5) is 0 Å². The molecular weight excluding hydrogens is 344 g/mol. The van der Waals surface area contributed by atoms with Gasteiger partial charge in [-0.1, -0.05) is 18.9 Å². The number of aliphatic imine (C=N–C) groups is 1. The van der Waals surface area contributed by atoms with Gasteiger partial charge in [-0.3, -0.25) is 9.89 Å². The molecule has 144 valence electrons. The Morgan fingerprint density at radius 1 is 1.27 bits per heavy atom. The van der Waals surface area contributed by atoms with Gasteiger partial charge in [-0.25, -0.2) is 0 Å². The Morgan fingerprint density at radius 3 is 2.62 bits per heavy atom. The number of ether oxygens (including phenoxy) is 1. The van der Waals surface area contributed by atoms with E-state index in [9.17, 15) is 0 Å². The first-order valence-electron chi connectivity index (χ1n) is 10.2. The van der Waals surface area contributed by atoms with Gasteiger partial charge in [0.2, 0.25) is 0 Å². The Bertz CT molecular complexity index is 571. The van der Waals surface area contributed by atoms with E-state index < -0.39 is 0 Å². The average molecular weight is 377 g/mol. The van der Waals surface area contributed by atoms with Crippen molar-refractivity contribution in [2.45, 2.75) is 31.7 Å². The normalized spacial score (nSPS) is 28.8. The van der Waals surface area contributed by atoms with E-state index in [1.54, 1.807) is 0 Å². The van der Waals surface area contributed by atoms with Gasteiger partial charge in [-0.2, -0.15) is 0 Å². The summed E-state index contributed by atoms with van der Waals surface area (Å²) in [5, 5.41) is 5.89. The van der Waals surface area contributed by atoms with Gasteiger partial charge >= 0.3 is 0 Å². The van der Waals surface area contributed by atoms with Gasteiger partial charge in [-0.15, -0.1) is 11.3 Å². The smallest absolute Gasteiger partial charge is 0.193 e. The zero-order valence-corrected chi connectivity index (χ0v) is 16.7. The molecule has 3 heterocycles. The molecule has 0 amide bonds. The minimum atomic E-state index is 0.403. The summed E-state index contributed by atoms with van der Waals surface area (Å²) in [6.45, 7) is 6.99. The topological polar surface area (TPSA) is 40.1 Å². The van der Waals surface area contributed by atoms with E-state index in [4.69, 9.17) is 4.74 Å². The fraction of sp³-hybridized carbons (Fsp3) is 0.750. The zero-order chi connectivity index (χ0) is 17.8. The molecule has 4 rings (SSSR count). The molecule has 1 saturated carbocycles. The van der Waals surface area contributed by atoms with Crippen molar-refractivity contribution in [2.75, 3.05) is 53.0 Å². The van der Waals surface area contributed by atoms with Gasteiger partial charge in [0.15, 0.2) is 5.96 Å². The highest BCUT2D eigenvalue weighted by Crippen LogP contribution is 2.36. The second-order valence-electron chi connectivity index (χ2n) is 7.82. The molecule has 3 atom stereocenters. The number of hydrogen-bond donors (Lipinski definition) is 1. The maximum atomic E-state index is 5.56. The number of morpholine rings is 1. The first-order valence-corrected chi connectivity index (χ1v) is 11.0. The molecule has 3 fully saturated rings. The van der Waals surface area contributed by atoms with Crippen LogP contribution < -0.4 is 5.32 Å². The third-order valence-corrected chi connectivity index (χ3v) is 7.27. The highest BCUT2D eigenvalue weighted by molar-refractivity contribution is 7.10. The lowest BCUT2D eigenvalue weighted by molar-refractivity contribution is 0.0176. The molecule has 3 unspecified atom stereocenters. The summed E-state index contributed by atoms with van der Waals surface area (Å²) >= 11 is 1.86. The monoisotopic (exact) mass is 376 g/mol. The number of guanidine groups is 1. The van der Waals surface area contributed by atoms with Gasteiger partial charge in [0, 0.05) is 44.6 Å². The van der Waals surface area contributed by atoms with Crippen LogP contribution in [0.3, 0.4) is 0 Å². The molecule has 6 heteroatoms. The molecular formula is C20H32N4OS. The summed E-state index contributed by atoms with van der Waals surface area (Å²) in [5.41, 5.74) is 0. The lowest BCUT2D eigenvalue weighted by Crippen LogP contribution is -2.47. The summed E-state index contributed by atoms with van der Waals surface area (Å²) in [7, 11) is 1.93. The van der Waals surface area contributed by atoms with Gasteiger partial charge in [0.1, 0.15) is 0 Å². The fourth-order valence-corrected chi connectivity index (χ4v) is 5.74. The quantitative estimate of drug-likeness (QED) is 0.648. The molecule has 5 nitrogen and oxygen atoms in total. The molecule has 1 aliphatic carbocycles. The summed E-state index contributed by atoms with van der Waals surface area (Å²) in [6.07, 6.45) is 5.64. The summed E-state index contributed by atoms with van der Waals surface area (Å²) < 4.78 is 5.56. The molecule has 1 aromatic rings. The first kappa shape index (κ1) is 18.3. The SMILES string of the molecule is CN=C(NCC(c1cccs1)N1CCOCC1)N1CC2CCCCC2C1. The van der Waals surface area contributed by atoms with Crippen LogP contribution in [0.1, 0.15) is 36.6 Å². The highest BCUT2D eigenvalue weighted by atomic mass is 32.1. The van der Waals surface area contributed by atoms with Crippen molar-refractivity contribution >= 4 is 17.3 Å². The van der Waals surface area contributed by atoms with Crippen LogP contribution in [-0.2, 0) is 4.74 Å². The fourth-order valence-electron chi connectivity index (χ4n) is 4.88. The maximum absolute atomic E-state index is 5.56. The predicted octanol–water partition coefficient (Wildman–Crippen LogP) is 2.82. The highest BCUT2D eigenvalue weighted by Gasteiger charge is 2.35. The maximum Gasteiger partial charge on any atom is 0.193 e. The van der Waals surface area contributed by atoms with Crippen molar-refractivity contribution < 1.29 is 4.74 Å².